The predicted octanol–water partition coefficient (Wildman–Crippen LogP) is 2.07. The molecule has 1 amide bonds. The van der Waals surface area contributed by atoms with Crippen molar-refractivity contribution in [3.8, 4) is 11.1 Å². The van der Waals surface area contributed by atoms with Gasteiger partial charge in [-0.25, -0.2) is 0 Å². The Morgan fingerprint density at radius 2 is 1.86 bits per heavy atom. The SMILES string of the molecule is C/N=C1\NC(=O)C[C@@H](c2cccc(-c3cccc(N)c3)c2)N1. The second-order valence-electron chi connectivity index (χ2n) is 5.27. The molecule has 0 spiro atoms. The number of hydrogen-bond donors (Lipinski definition) is 3. The fraction of sp³-hybridized carbons (Fsp3) is 0.176. The Kier molecular flexibility index (Phi) is 3.78. The maximum atomic E-state index is 11.8. The predicted molar refractivity (Wildman–Crippen MR) is 88.3 cm³/mol. The van der Waals surface area contributed by atoms with Crippen molar-refractivity contribution in [2.24, 2.45) is 4.99 Å². The van der Waals surface area contributed by atoms with Gasteiger partial charge in [-0.15, -0.1) is 0 Å². The third kappa shape index (κ3) is 2.93. The Balaban J connectivity index is 1.92. The molecule has 1 fully saturated rings. The molecule has 2 aromatic carbocycles. The van der Waals surface area contributed by atoms with E-state index in [9.17, 15) is 4.79 Å². The first kappa shape index (κ1) is 14.1. The van der Waals surface area contributed by atoms with Crippen molar-refractivity contribution in [1.82, 2.24) is 10.6 Å². The molecule has 0 aromatic heterocycles. The van der Waals surface area contributed by atoms with Gasteiger partial charge in [0.2, 0.25) is 5.91 Å². The summed E-state index contributed by atoms with van der Waals surface area (Å²) in [4.78, 5) is 15.8. The van der Waals surface area contributed by atoms with Gasteiger partial charge >= 0.3 is 0 Å². The average Bonchev–Trinajstić information content (AvgIpc) is 2.54. The van der Waals surface area contributed by atoms with Gasteiger partial charge in [0, 0.05) is 12.7 Å². The van der Waals surface area contributed by atoms with Gasteiger partial charge in [0.05, 0.1) is 12.5 Å². The van der Waals surface area contributed by atoms with Crippen LogP contribution in [-0.2, 0) is 4.79 Å². The number of benzene rings is 2. The molecule has 5 nitrogen and oxygen atoms in total. The maximum absolute atomic E-state index is 11.8. The molecule has 1 atom stereocenters. The van der Waals surface area contributed by atoms with Crippen LogP contribution in [0.5, 0.6) is 0 Å². The van der Waals surface area contributed by atoms with E-state index in [-0.39, 0.29) is 11.9 Å². The van der Waals surface area contributed by atoms with E-state index in [1.807, 2.05) is 42.5 Å². The molecule has 4 N–H and O–H groups in total. The van der Waals surface area contributed by atoms with Crippen molar-refractivity contribution in [3.05, 3.63) is 54.1 Å². The van der Waals surface area contributed by atoms with E-state index in [0.717, 1.165) is 22.4 Å². The van der Waals surface area contributed by atoms with Crippen LogP contribution in [0.15, 0.2) is 53.5 Å². The fourth-order valence-electron chi connectivity index (χ4n) is 2.60. The summed E-state index contributed by atoms with van der Waals surface area (Å²) in [6.07, 6.45) is 0.388. The molecule has 1 aliphatic heterocycles. The topological polar surface area (TPSA) is 79.5 Å². The lowest BCUT2D eigenvalue weighted by Gasteiger charge is -2.26. The average molecular weight is 294 g/mol. The van der Waals surface area contributed by atoms with Crippen molar-refractivity contribution in [2.45, 2.75) is 12.5 Å². The van der Waals surface area contributed by atoms with Crippen LogP contribution >= 0.6 is 0 Å². The molecule has 0 radical (unpaired) electrons. The number of nitrogens with one attached hydrogen (secondary N) is 2. The van der Waals surface area contributed by atoms with Gasteiger partial charge < -0.3 is 11.1 Å². The second-order valence-corrected chi connectivity index (χ2v) is 5.27. The van der Waals surface area contributed by atoms with E-state index in [4.69, 9.17) is 5.73 Å². The molecule has 0 unspecified atom stereocenters. The van der Waals surface area contributed by atoms with Crippen LogP contribution in [0.2, 0.25) is 0 Å². The standard InChI is InChI=1S/C17H18N4O/c1-19-17-20-15(10-16(22)21-17)13-6-2-4-11(8-13)12-5-3-7-14(18)9-12/h2-9,15H,10,18H2,1H3,(H2,19,20,21,22)/t15-/m0/s1. The zero-order valence-electron chi connectivity index (χ0n) is 12.3. The lowest BCUT2D eigenvalue weighted by Crippen LogP contribution is -2.49. The Morgan fingerprint density at radius 1 is 1.14 bits per heavy atom. The summed E-state index contributed by atoms with van der Waals surface area (Å²) in [5.74, 6) is 0.481. The minimum atomic E-state index is -0.0755. The van der Waals surface area contributed by atoms with Crippen molar-refractivity contribution in [1.29, 1.82) is 0 Å². The summed E-state index contributed by atoms with van der Waals surface area (Å²) in [5.41, 5.74) is 9.77. The van der Waals surface area contributed by atoms with Crippen molar-refractivity contribution in [3.63, 3.8) is 0 Å². The van der Waals surface area contributed by atoms with Gasteiger partial charge in [-0.3, -0.25) is 15.1 Å². The van der Waals surface area contributed by atoms with Crippen LogP contribution < -0.4 is 16.4 Å². The van der Waals surface area contributed by atoms with E-state index in [1.54, 1.807) is 7.05 Å². The van der Waals surface area contributed by atoms with E-state index < -0.39 is 0 Å². The summed E-state index contributed by atoms with van der Waals surface area (Å²) in [7, 11) is 1.65. The number of hydrogen-bond acceptors (Lipinski definition) is 3. The molecule has 0 saturated carbocycles. The number of aliphatic imine (C=N–C) groups is 1. The van der Waals surface area contributed by atoms with Gasteiger partial charge in [0.1, 0.15) is 0 Å². The van der Waals surface area contributed by atoms with Crippen LogP contribution in [0.3, 0.4) is 0 Å². The first-order chi connectivity index (χ1) is 10.7. The molecule has 112 valence electrons. The molecule has 1 aliphatic rings. The quantitative estimate of drug-likeness (QED) is 0.742. The highest BCUT2D eigenvalue weighted by atomic mass is 16.2. The Labute approximate surface area is 129 Å². The van der Waals surface area contributed by atoms with Gasteiger partial charge in [-0.2, -0.15) is 0 Å². The monoisotopic (exact) mass is 294 g/mol. The first-order valence-corrected chi connectivity index (χ1v) is 7.15. The maximum Gasteiger partial charge on any atom is 0.229 e. The highest BCUT2D eigenvalue weighted by Crippen LogP contribution is 2.26. The summed E-state index contributed by atoms with van der Waals surface area (Å²) >= 11 is 0. The largest absolute Gasteiger partial charge is 0.399 e. The minimum absolute atomic E-state index is 0.0290. The lowest BCUT2D eigenvalue weighted by molar-refractivity contribution is -0.120. The van der Waals surface area contributed by atoms with Gasteiger partial charge in [-0.1, -0.05) is 30.3 Å². The summed E-state index contributed by atoms with van der Waals surface area (Å²) in [6, 6.07) is 15.8. The van der Waals surface area contributed by atoms with Gasteiger partial charge in [0.15, 0.2) is 5.96 Å². The Morgan fingerprint density at radius 3 is 2.59 bits per heavy atom. The molecule has 1 heterocycles. The van der Waals surface area contributed by atoms with E-state index in [0.29, 0.717) is 12.4 Å². The van der Waals surface area contributed by atoms with Crippen molar-refractivity contribution in [2.75, 3.05) is 12.8 Å². The molecule has 22 heavy (non-hydrogen) atoms. The fourth-order valence-corrected chi connectivity index (χ4v) is 2.60. The van der Waals surface area contributed by atoms with E-state index in [1.165, 1.54) is 0 Å². The number of guanidine groups is 1. The molecule has 2 aromatic rings. The van der Waals surface area contributed by atoms with Crippen LogP contribution in [0.25, 0.3) is 11.1 Å². The smallest absolute Gasteiger partial charge is 0.229 e. The molecule has 0 bridgehead atoms. The van der Waals surface area contributed by atoms with Crippen LogP contribution in [0, 0.1) is 0 Å². The number of nitrogens with zero attached hydrogens (tertiary/aromatic N) is 1. The molecule has 0 aliphatic carbocycles. The van der Waals surface area contributed by atoms with Crippen molar-refractivity contribution >= 4 is 17.6 Å². The van der Waals surface area contributed by atoms with E-state index in [2.05, 4.69) is 21.7 Å². The first-order valence-electron chi connectivity index (χ1n) is 7.15. The summed E-state index contributed by atoms with van der Waals surface area (Å²) < 4.78 is 0. The lowest BCUT2D eigenvalue weighted by atomic mass is 9.97. The normalized spacial score (nSPS) is 19.6. The van der Waals surface area contributed by atoms with Gasteiger partial charge in [-0.05, 0) is 34.9 Å². The van der Waals surface area contributed by atoms with Crippen molar-refractivity contribution < 1.29 is 4.79 Å². The van der Waals surface area contributed by atoms with Crippen LogP contribution in [0.1, 0.15) is 18.0 Å². The molecule has 5 heteroatoms. The van der Waals surface area contributed by atoms with Crippen LogP contribution in [-0.4, -0.2) is 18.9 Å². The van der Waals surface area contributed by atoms with Crippen LogP contribution in [0.4, 0.5) is 5.69 Å². The third-order valence-electron chi connectivity index (χ3n) is 3.69. The Hall–Kier alpha value is -2.82. The van der Waals surface area contributed by atoms with Gasteiger partial charge in [0.25, 0.3) is 0 Å². The third-order valence-corrected chi connectivity index (χ3v) is 3.69. The number of anilines is 1. The summed E-state index contributed by atoms with van der Waals surface area (Å²) in [5, 5.41) is 5.94. The second kappa shape index (κ2) is 5.89. The highest BCUT2D eigenvalue weighted by Gasteiger charge is 2.23. The number of rotatable bonds is 2. The zero-order chi connectivity index (χ0) is 15.5. The molecule has 3 rings (SSSR count). The van der Waals surface area contributed by atoms with E-state index >= 15 is 0 Å². The molecule has 1 saturated heterocycles. The number of amides is 1. The molecular weight excluding hydrogens is 276 g/mol. The number of nitrogen functional groups attached to an aromatic ring is 1. The number of nitrogens with two attached hydrogens (primary N) is 1. The summed E-state index contributed by atoms with van der Waals surface area (Å²) in [6.45, 7) is 0. The molecular formula is C17H18N4O. The minimum Gasteiger partial charge on any atom is -0.399 e. The number of carbonyl (C=O) groups excluding carboxylic acids is 1. The Bertz CT molecular complexity index is 739. The highest BCUT2D eigenvalue weighted by molar-refractivity contribution is 5.99. The number of carbonyl (C=O) groups is 1. The zero-order valence-corrected chi connectivity index (χ0v) is 12.3.